The summed E-state index contributed by atoms with van der Waals surface area (Å²) < 4.78 is 0. The van der Waals surface area contributed by atoms with Crippen LogP contribution in [0.5, 0.6) is 0 Å². The van der Waals surface area contributed by atoms with Crippen LogP contribution in [0, 0.1) is 15.5 Å². The predicted molar refractivity (Wildman–Crippen MR) is 77.3 cm³/mol. The lowest BCUT2D eigenvalue weighted by Crippen LogP contribution is -2.36. The Hall–Kier alpha value is -1.17. The number of rotatable bonds is 6. The molecule has 1 aromatic carbocycles. The van der Waals surface area contributed by atoms with Crippen molar-refractivity contribution in [1.82, 2.24) is 4.90 Å². The second-order valence-electron chi connectivity index (χ2n) is 5.58. The molecule has 6 heteroatoms. The SMILES string of the molecule is CN(Cc1ccc(Cl)c([N+](=O)[O-])c1)CC(C)(C)CN. The first kappa shape index (κ1) is 15.9. The molecule has 0 atom stereocenters. The molecule has 0 aromatic heterocycles. The number of hydrogen-bond acceptors (Lipinski definition) is 4. The van der Waals surface area contributed by atoms with Crippen LogP contribution < -0.4 is 5.73 Å². The van der Waals surface area contributed by atoms with Crippen molar-refractivity contribution in [3.8, 4) is 0 Å². The van der Waals surface area contributed by atoms with Gasteiger partial charge in [0.05, 0.1) is 4.92 Å². The van der Waals surface area contributed by atoms with E-state index in [0.717, 1.165) is 12.1 Å². The van der Waals surface area contributed by atoms with Crippen LogP contribution in [0.4, 0.5) is 5.69 Å². The molecule has 1 aromatic rings. The highest BCUT2D eigenvalue weighted by molar-refractivity contribution is 6.32. The molecule has 0 radical (unpaired) electrons. The van der Waals surface area contributed by atoms with Gasteiger partial charge in [0, 0.05) is 19.2 Å². The summed E-state index contributed by atoms with van der Waals surface area (Å²) in [7, 11) is 1.97. The number of nitrogens with zero attached hydrogens (tertiary/aromatic N) is 2. The summed E-state index contributed by atoms with van der Waals surface area (Å²) in [5.74, 6) is 0. The van der Waals surface area contributed by atoms with Gasteiger partial charge in [-0.1, -0.05) is 31.5 Å². The molecule has 0 aliphatic rings. The number of halogens is 1. The quantitative estimate of drug-likeness (QED) is 0.644. The smallest absolute Gasteiger partial charge is 0.288 e. The monoisotopic (exact) mass is 285 g/mol. The molecule has 0 aliphatic heterocycles. The summed E-state index contributed by atoms with van der Waals surface area (Å²) in [6, 6.07) is 4.90. The molecule has 0 spiro atoms. The van der Waals surface area contributed by atoms with Gasteiger partial charge in [-0.2, -0.15) is 0 Å². The van der Waals surface area contributed by atoms with E-state index in [1.165, 1.54) is 6.07 Å². The average molecular weight is 286 g/mol. The van der Waals surface area contributed by atoms with Crippen molar-refractivity contribution < 1.29 is 4.92 Å². The van der Waals surface area contributed by atoms with E-state index in [9.17, 15) is 10.1 Å². The Morgan fingerprint density at radius 2 is 2.11 bits per heavy atom. The first-order valence-electron chi connectivity index (χ1n) is 6.06. The van der Waals surface area contributed by atoms with Gasteiger partial charge in [-0.15, -0.1) is 0 Å². The maximum absolute atomic E-state index is 10.8. The second kappa shape index (κ2) is 6.32. The van der Waals surface area contributed by atoms with Crippen molar-refractivity contribution >= 4 is 17.3 Å². The van der Waals surface area contributed by atoms with Crippen LogP contribution in [-0.4, -0.2) is 30.0 Å². The predicted octanol–water partition coefficient (Wildman–Crippen LogP) is 2.66. The van der Waals surface area contributed by atoms with E-state index >= 15 is 0 Å². The van der Waals surface area contributed by atoms with Crippen molar-refractivity contribution in [2.75, 3.05) is 20.1 Å². The van der Waals surface area contributed by atoms with Gasteiger partial charge >= 0.3 is 0 Å². The van der Waals surface area contributed by atoms with Crippen LogP contribution in [0.15, 0.2) is 18.2 Å². The molecule has 0 saturated heterocycles. The van der Waals surface area contributed by atoms with Crippen LogP contribution in [-0.2, 0) is 6.54 Å². The molecule has 106 valence electrons. The minimum Gasteiger partial charge on any atom is -0.330 e. The van der Waals surface area contributed by atoms with Crippen molar-refractivity contribution in [3.05, 3.63) is 38.9 Å². The van der Waals surface area contributed by atoms with Crippen LogP contribution in [0.2, 0.25) is 5.02 Å². The fourth-order valence-corrected chi connectivity index (χ4v) is 2.15. The molecule has 0 unspecified atom stereocenters. The van der Waals surface area contributed by atoms with Crippen LogP contribution >= 0.6 is 11.6 Å². The summed E-state index contributed by atoms with van der Waals surface area (Å²) in [6.45, 7) is 6.22. The third-order valence-corrected chi connectivity index (χ3v) is 3.23. The Morgan fingerprint density at radius 1 is 1.47 bits per heavy atom. The van der Waals surface area contributed by atoms with Gasteiger partial charge in [0.1, 0.15) is 5.02 Å². The zero-order chi connectivity index (χ0) is 14.6. The average Bonchev–Trinajstić information content (AvgIpc) is 2.30. The normalized spacial score (nSPS) is 11.9. The molecule has 0 amide bonds. The second-order valence-corrected chi connectivity index (χ2v) is 5.99. The van der Waals surface area contributed by atoms with Gasteiger partial charge < -0.3 is 10.6 Å². The Kier molecular flexibility index (Phi) is 5.29. The molecule has 0 saturated carbocycles. The highest BCUT2D eigenvalue weighted by Crippen LogP contribution is 2.26. The van der Waals surface area contributed by atoms with E-state index in [-0.39, 0.29) is 16.1 Å². The molecule has 0 heterocycles. The minimum atomic E-state index is -0.463. The highest BCUT2D eigenvalue weighted by Gasteiger charge is 2.19. The summed E-state index contributed by atoms with van der Waals surface area (Å²) in [5.41, 5.74) is 6.54. The minimum absolute atomic E-state index is 0.0209. The summed E-state index contributed by atoms with van der Waals surface area (Å²) >= 11 is 5.78. The molecule has 0 fully saturated rings. The first-order valence-corrected chi connectivity index (χ1v) is 6.44. The number of nitro benzene ring substituents is 1. The number of nitro groups is 1. The zero-order valence-corrected chi connectivity index (χ0v) is 12.3. The fraction of sp³-hybridized carbons (Fsp3) is 0.538. The van der Waals surface area contributed by atoms with Crippen LogP contribution in [0.25, 0.3) is 0 Å². The van der Waals surface area contributed by atoms with Crippen molar-refractivity contribution in [3.63, 3.8) is 0 Å². The third-order valence-electron chi connectivity index (χ3n) is 2.91. The Morgan fingerprint density at radius 3 is 2.63 bits per heavy atom. The van der Waals surface area contributed by atoms with Crippen molar-refractivity contribution in [2.24, 2.45) is 11.1 Å². The summed E-state index contributed by atoms with van der Waals surface area (Å²) in [5, 5.41) is 11.0. The van der Waals surface area contributed by atoms with E-state index in [4.69, 9.17) is 17.3 Å². The molecule has 2 N–H and O–H groups in total. The molecular formula is C13H20ClN3O2. The van der Waals surface area contributed by atoms with E-state index in [0.29, 0.717) is 13.1 Å². The van der Waals surface area contributed by atoms with E-state index in [1.807, 2.05) is 7.05 Å². The highest BCUT2D eigenvalue weighted by atomic mass is 35.5. The lowest BCUT2D eigenvalue weighted by Gasteiger charge is -2.29. The van der Waals surface area contributed by atoms with Gasteiger partial charge in [-0.25, -0.2) is 0 Å². The largest absolute Gasteiger partial charge is 0.330 e. The van der Waals surface area contributed by atoms with Gasteiger partial charge in [-0.05, 0) is 30.6 Å². The number of hydrogen-bond donors (Lipinski definition) is 1. The summed E-state index contributed by atoms with van der Waals surface area (Å²) in [4.78, 5) is 12.5. The van der Waals surface area contributed by atoms with Crippen LogP contribution in [0.3, 0.4) is 0 Å². The standard InChI is InChI=1S/C13H20ClN3O2/c1-13(2,8-15)9-16(3)7-10-4-5-11(14)12(6-10)17(18)19/h4-6H,7-9,15H2,1-3H3. The maximum Gasteiger partial charge on any atom is 0.288 e. The molecule has 0 aliphatic carbocycles. The Balaban J connectivity index is 2.77. The Labute approximate surface area is 118 Å². The third kappa shape index (κ3) is 4.78. The maximum atomic E-state index is 10.8. The van der Waals surface area contributed by atoms with Gasteiger partial charge in [0.25, 0.3) is 5.69 Å². The number of nitrogens with two attached hydrogens (primary N) is 1. The molecule has 0 bridgehead atoms. The first-order chi connectivity index (χ1) is 8.75. The lowest BCUT2D eigenvalue weighted by molar-refractivity contribution is -0.384. The molecular weight excluding hydrogens is 266 g/mol. The van der Waals surface area contributed by atoms with E-state index in [2.05, 4.69) is 18.7 Å². The topological polar surface area (TPSA) is 72.4 Å². The van der Waals surface area contributed by atoms with Gasteiger partial charge in [-0.3, -0.25) is 10.1 Å². The molecule has 1 rings (SSSR count). The molecule has 5 nitrogen and oxygen atoms in total. The van der Waals surface area contributed by atoms with Crippen LogP contribution in [0.1, 0.15) is 19.4 Å². The molecule has 19 heavy (non-hydrogen) atoms. The summed E-state index contributed by atoms with van der Waals surface area (Å²) in [6.07, 6.45) is 0. The lowest BCUT2D eigenvalue weighted by atomic mass is 9.93. The van der Waals surface area contributed by atoms with E-state index < -0.39 is 4.92 Å². The van der Waals surface area contributed by atoms with Crippen molar-refractivity contribution in [1.29, 1.82) is 0 Å². The number of benzene rings is 1. The van der Waals surface area contributed by atoms with Gasteiger partial charge in [0.2, 0.25) is 0 Å². The zero-order valence-electron chi connectivity index (χ0n) is 11.5. The fourth-order valence-electron chi connectivity index (χ4n) is 1.96. The Bertz CT molecular complexity index is 463. The van der Waals surface area contributed by atoms with Crippen molar-refractivity contribution in [2.45, 2.75) is 20.4 Å². The van der Waals surface area contributed by atoms with Gasteiger partial charge in [0.15, 0.2) is 0 Å². The van der Waals surface area contributed by atoms with E-state index in [1.54, 1.807) is 12.1 Å².